The molecular formula is C18H17BrN4O5. The van der Waals surface area contributed by atoms with E-state index in [0.29, 0.717) is 18.8 Å². The number of halogens is 1. The minimum absolute atomic E-state index is 0.0293. The number of nitro groups is 1. The largest absolute Gasteiger partial charge is 0.479 e. The maximum absolute atomic E-state index is 12.1. The van der Waals surface area contributed by atoms with Crippen LogP contribution in [0.15, 0.2) is 51.6 Å². The van der Waals surface area contributed by atoms with E-state index in [1.165, 1.54) is 18.2 Å². The molecule has 1 aromatic carbocycles. The third-order valence-corrected chi connectivity index (χ3v) is 4.20. The smallest absolute Gasteiger partial charge is 0.311 e. The summed E-state index contributed by atoms with van der Waals surface area (Å²) in [6, 6.07) is 7.83. The van der Waals surface area contributed by atoms with Crippen molar-refractivity contribution in [3.63, 3.8) is 0 Å². The second-order valence-electron chi connectivity index (χ2n) is 5.96. The molecule has 28 heavy (non-hydrogen) atoms. The summed E-state index contributed by atoms with van der Waals surface area (Å²) in [6.07, 6.45) is 3.47. The number of aromatic nitrogens is 2. The number of ether oxygens (including phenoxy) is 1. The molecule has 2 aromatic heterocycles. The highest BCUT2D eigenvalue weighted by atomic mass is 79.9. The summed E-state index contributed by atoms with van der Waals surface area (Å²) in [7, 11) is 0. The van der Waals surface area contributed by atoms with Crippen LogP contribution in [-0.2, 0) is 13.2 Å². The van der Waals surface area contributed by atoms with Gasteiger partial charge in [0, 0.05) is 18.8 Å². The Morgan fingerprint density at radius 1 is 1.39 bits per heavy atom. The van der Waals surface area contributed by atoms with Gasteiger partial charge in [-0.3, -0.25) is 19.6 Å². The summed E-state index contributed by atoms with van der Waals surface area (Å²) < 4.78 is 13.5. The number of nitro benzene ring substituents is 1. The monoisotopic (exact) mass is 448 g/mol. The van der Waals surface area contributed by atoms with Gasteiger partial charge in [0.25, 0.3) is 5.91 Å². The molecule has 0 atom stereocenters. The van der Waals surface area contributed by atoms with E-state index in [4.69, 9.17) is 9.15 Å². The van der Waals surface area contributed by atoms with Crippen LogP contribution in [0.25, 0.3) is 0 Å². The van der Waals surface area contributed by atoms with E-state index < -0.39 is 4.92 Å². The zero-order chi connectivity index (χ0) is 20.1. The lowest BCUT2D eigenvalue weighted by Gasteiger charge is -2.06. The van der Waals surface area contributed by atoms with Gasteiger partial charge in [-0.2, -0.15) is 5.10 Å². The third-order valence-electron chi connectivity index (χ3n) is 3.79. The fourth-order valence-corrected chi connectivity index (χ4v) is 2.78. The van der Waals surface area contributed by atoms with Gasteiger partial charge in [-0.15, -0.1) is 0 Å². The number of hydrogen-bond acceptors (Lipinski definition) is 6. The lowest BCUT2D eigenvalue weighted by Crippen LogP contribution is -2.27. The topological polar surface area (TPSA) is 112 Å². The molecule has 2 heterocycles. The van der Waals surface area contributed by atoms with E-state index in [-0.39, 0.29) is 29.7 Å². The predicted molar refractivity (Wildman–Crippen MR) is 103 cm³/mol. The Morgan fingerprint density at radius 3 is 2.93 bits per heavy atom. The number of furan rings is 1. The molecule has 0 unspecified atom stereocenters. The summed E-state index contributed by atoms with van der Waals surface area (Å²) in [5, 5.41) is 18.0. The van der Waals surface area contributed by atoms with Crippen molar-refractivity contribution in [2.75, 3.05) is 6.54 Å². The van der Waals surface area contributed by atoms with Crippen LogP contribution in [0.5, 0.6) is 5.75 Å². The quantitative estimate of drug-likeness (QED) is 0.416. The normalized spacial score (nSPS) is 10.6. The maximum Gasteiger partial charge on any atom is 0.311 e. The number of nitrogens with one attached hydrogen (secondary N) is 1. The summed E-state index contributed by atoms with van der Waals surface area (Å²) in [6.45, 7) is 2.64. The lowest BCUT2D eigenvalue weighted by atomic mass is 10.2. The molecule has 0 bridgehead atoms. The molecule has 3 aromatic rings. The molecule has 10 heteroatoms. The van der Waals surface area contributed by atoms with Gasteiger partial charge in [-0.05, 0) is 46.6 Å². The minimum Gasteiger partial charge on any atom is -0.479 e. The van der Waals surface area contributed by atoms with Crippen LogP contribution < -0.4 is 10.1 Å². The molecule has 1 amide bonds. The van der Waals surface area contributed by atoms with Gasteiger partial charge in [0.2, 0.25) is 0 Å². The molecule has 0 saturated heterocycles. The van der Waals surface area contributed by atoms with Crippen molar-refractivity contribution < 1.29 is 18.9 Å². The second kappa shape index (κ2) is 8.70. The van der Waals surface area contributed by atoms with E-state index in [9.17, 15) is 14.9 Å². The van der Waals surface area contributed by atoms with E-state index >= 15 is 0 Å². The van der Waals surface area contributed by atoms with Gasteiger partial charge in [-0.25, -0.2) is 0 Å². The molecular weight excluding hydrogens is 432 g/mol. The van der Waals surface area contributed by atoms with Crippen LogP contribution in [0, 0.1) is 17.0 Å². The van der Waals surface area contributed by atoms with E-state index in [2.05, 4.69) is 26.3 Å². The molecule has 0 spiro atoms. The highest BCUT2D eigenvalue weighted by Gasteiger charge is 2.16. The zero-order valence-corrected chi connectivity index (χ0v) is 16.5. The Balaban J connectivity index is 1.54. The number of aryl methyl sites for hydroxylation is 1. The Kier molecular flexibility index (Phi) is 6.09. The van der Waals surface area contributed by atoms with Crippen LogP contribution in [0.1, 0.15) is 21.9 Å². The van der Waals surface area contributed by atoms with E-state index in [1.54, 1.807) is 36.1 Å². The summed E-state index contributed by atoms with van der Waals surface area (Å²) in [5.74, 6) is 0.303. The van der Waals surface area contributed by atoms with Crippen molar-refractivity contribution in [2.45, 2.75) is 20.1 Å². The summed E-state index contributed by atoms with van der Waals surface area (Å²) in [4.78, 5) is 22.8. The molecule has 1 N–H and O–H groups in total. The Morgan fingerprint density at radius 2 is 2.21 bits per heavy atom. The van der Waals surface area contributed by atoms with E-state index in [1.807, 2.05) is 0 Å². The molecule has 0 aliphatic carbocycles. The molecule has 0 fully saturated rings. The summed E-state index contributed by atoms with van der Waals surface area (Å²) >= 11 is 3.30. The van der Waals surface area contributed by atoms with Crippen molar-refractivity contribution in [1.82, 2.24) is 15.1 Å². The average Bonchev–Trinajstić information content (AvgIpc) is 3.29. The third kappa shape index (κ3) is 4.97. The highest BCUT2D eigenvalue weighted by Crippen LogP contribution is 2.28. The molecule has 3 rings (SSSR count). The number of nitrogens with zero attached hydrogens (tertiary/aromatic N) is 3. The van der Waals surface area contributed by atoms with Gasteiger partial charge < -0.3 is 14.5 Å². The number of amides is 1. The predicted octanol–water partition coefficient (Wildman–Crippen LogP) is 3.46. The van der Waals surface area contributed by atoms with Crippen molar-refractivity contribution >= 4 is 27.5 Å². The van der Waals surface area contributed by atoms with E-state index in [0.717, 1.165) is 10.0 Å². The van der Waals surface area contributed by atoms with Crippen LogP contribution in [0.3, 0.4) is 0 Å². The first-order valence-corrected chi connectivity index (χ1v) is 9.14. The molecule has 0 saturated carbocycles. The first kappa shape index (κ1) is 19.6. The van der Waals surface area contributed by atoms with Gasteiger partial charge in [0.15, 0.2) is 11.5 Å². The first-order valence-electron chi connectivity index (χ1n) is 8.35. The average molecular weight is 449 g/mol. The molecule has 0 aliphatic rings. The Bertz CT molecular complexity index is 998. The van der Waals surface area contributed by atoms with Crippen LogP contribution in [-0.4, -0.2) is 27.2 Å². The second-order valence-corrected chi connectivity index (χ2v) is 6.88. The van der Waals surface area contributed by atoms with Crippen LogP contribution >= 0.6 is 15.9 Å². The minimum atomic E-state index is -0.499. The molecule has 146 valence electrons. The fraction of sp³-hybridized carbons (Fsp3) is 0.222. The maximum atomic E-state index is 12.1. The SMILES string of the molecule is Cc1ccc(OCc2ccc(C(=O)NCCn3cc(Br)cn3)o2)c([N+](=O)[O-])c1. The number of carbonyl (C=O) groups excluding carboxylic acids is 1. The standard InChI is InChI=1S/C18H17BrN4O5/c1-12-2-4-16(15(8-12)23(25)26)27-11-14-3-5-17(28-14)18(24)20-6-7-22-10-13(19)9-21-22/h2-5,8-10H,6-7,11H2,1H3,(H,20,24). The zero-order valence-electron chi connectivity index (χ0n) is 14.9. The summed E-state index contributed by atoms with van der Waals surface area (Å²) in [5.41, 5.74) is 0.647. The first-order chi connectivity index (χ1) is 13.4. The number of hydrogen-bond donors (Lipinski definition) is 1. The van der Waals surface area contributed by atoms with Gasteiger partial charge in [0.05, 0.1) is 22.1 Å². The highest BCUT2D eigenvalue weighted by molar-refractivity contribution is 9.10. The van der Waals surface area contributed by atoms with Crippen LogP contribution in [0.4, 0.5) is 5.69 Å². The van der Waals surface area contributed by atoms with Gasteiger partial charge in [0.1, 0.15) is 12.4 Å². The number of carbonyl (C=O) groups is 1. The molecule has 0 radical (unpaired) electrons. The van der Waals surface area contributed by atoms with Crippen LogP contribution in [0.2, 0.25) is 0 Å². The fourth-order valence-electron chi connectivity index (χ4n) is 2.45. The van der Waals surface area contributed by atoms with Crippen molar-refractivity contribution in [3.8, 4) is 5.75 Å². The Hall–Kier alpha value is -3.14. The van der Waals surface area contributed by atoms with Gasteiger partial charge in [-0.1, -0.05) is 6.07 Å². The van der Waals surface area contributed by atoms with Crippen molar-refractivity contribution in [3.05, 3.63) is 74.4 Å². The Labute approximate surface area is 168 Å². The van der Waals surface area contributed by atoms with Gasteiger partial charge >= 0.3 is 5.69 Å². The van der Waals surface area contributed by atoms with Crippen molar-refractivity contribution in [2.24, 2.45) is 0 Å². The molecule has 9 nitrogen and oxygen atoms in total. The number of rotatable bonds is 8. The van der Waals surface area contributed by atoms with Crippen molar-refractivity contribution in [1.29, 1.82) is 0 Å². The molecule has 0 aliphatic heterocycles. The lowest BCUT2D eigenvalue weighted by molar-refractivity contribution is -0.386. The number of benzene rings is 1.